The summed E-state index contributed by atoms with van der Waals surface area (Å²) in [5.41, 5.74) is -1.70. The van der Waals surface area contributed by atoms with E-state index in [0.717, 1.165) is 6.07 Å². The molecule has 0 radical (unpaired) electrons. The number of pyridine rings is 1. The van der Waals surface area contributed by atoms with Gasteiger partial charge in [0.2, 0.25) is 5.56 Å². The molecule has 0 fully saturated rings. The third-order valence-corrected chi connectivity index (χ3v) is 3.39. The lowest BCUT2D eigenvalue weighted by atomic mass is 10.3. The lowest BCUT2D eigenvalue weighted by Crippen LogP contribution is -2.13. The predicted octanol–water partition coefficient (Wildman–Crippen LogP) is 2.00. The molecule has 0 aliphatic rings. The minimum Gasteiger partial charge on any atom is -0.311 e. The molecular weight excluding hydrogens is 319 g/mol. The Morgan fingerprint density at radius 1 is 1.47 bits per heavy atom. The molecule has 1 rings (SSSR count). The molecule has 1 N–H and O–H groups in total. The highest BCUT2D eigenvalue weighted by molar-refractivity contribution is 9.10. The van der Waals surface area contributed by atoms with E-state index in [4.69, 9.17) is 10.7 Å². The van der Waals surface area contributed by atoms with Crippen molar-refractivity contribution < 1.29 is 17.2 Å². The predicted molar refractivity (Wildman–Crippen MR) is 52.8 cm³/mol. The van der Waals surface area contributed by atoms with Crippen LogP contribution in [-0.4, -0.2) is 13.4 Å². The summed E-state index contributed by atoms with van der Waals surface area (Å²) in [6, 6.07) is 0.799. The molecule has 0 aliphatic heterocycles. The number of aromatic nitrogens is 1. The Kier molecular flexibility index (Phi) is 3.51. The third kappa shape index (κ3) is 2.76. The summed E-state index contributed by atoms with van der Waals surface area (Å²) in [7, 11) is 0.483. The normalized spacial score (nSPS) is 12.1. The van der Waals surface area contributed by atoms with Gasteiger partial charge in [0.1, 0.15) is 0 Å². The van der Waals surface area contributed by atoms with Crippen LogP contribution >= 0.6 is 26.6 Å². The fraction of sp³-hybridized carbons (Fsp3) is 0.167. The van der Waals surface area contributed by atoms with Gasteiger partial charge in [-0.1, -0.05) is 15.9 Å². The first-order valence-corrected chi connectivity index (χ1v) is 6.49. The molecule has 0 aromatic carbocycles. The van der Waals surface area contributed by atoms with Gasteiger partial charge in [-0.25, -0.2) is 17.2 Å². The van der Waals surface area contributed by atoms with Crippen LogP contribution < -0.4 is 5.56 Å². The van der Waals surface area contributed by atoms with E-state index in [1.165, 1.54) is 0 Å². The van der Waals surface area contributed by atoms with Crippen molar-refractivity contribution in [3.8, 4) is 0 Å². The maximum absolute atomic E-state index is 12.5. The Hall–Kier alpha value is -0.470. The number of hydrogen-bond acceptors (Lipinski definition) is 3. The first kappa shape index (κ1) is 12.6. The van der Waals surface area contributed by atoms with Crippen LogP contribution in [-0.2, 0) is 9.05 Å². The van der Waals surface area contributed by atoms with Crippen LogP contribution in [0, 0.1) is 0 Å². The highest BCUT2D eigenvalue weighted by atomic mass is 79.9. The monoisotopic (exact) mass is 321 g/mol. The van der Waals surface area contributed by atoms with Gasteiger partial charge in [0.05, 0.1) is 5.56 Å². The van der Waals surface area contributed by atoms with E-state index in [0.29, 0.717) is 0 Å². The van der Waals surface area contributed by atoms with Crippen molar-refractivity contribution in [2.75, 3.05) is 0 Å². The van der Waals surface area contributed by atoms with E-state index in [2.05, 4.69) is 15.9 Å². The zero-order valence-corrected chi connectivity index (χ0v) is 9.96. The second-order valence-electron chi connectivity index (χ2n) is 2.46. The van der Waals surface area contributed by atoms with Gasteiger partial charge in [-0.15, -0.1) is 0 Å². The summed E-state index contributed by atoms with van der Waals surface area (Å²) in [6.45, 7) is 0. The summed E-state index contributed by atoms with van der Waals surface area (Å²) in [5, 5.41) is -0.987. The molecule has 1 heterocycles. The van der Waals surface area contributed by atoms with Crippen molar-refractivity contribution in [2.45, 2.75) is 11.5 Å². The second-order valence-corrected chi connectivity index (χ2v) is 5.82. The minimum absolute atomic E-state index is 0.305. The van der Waals surface area contributed by atoms with E-state index in [-0.39, 0.29) is 4.47 Å². The van der Waals surface area contributed by atoms with E-state index < -0.39 is 31.6 Å². The number of aromatic amines is 1. The topological polar surface area (TPSA) is 67.0 Å². The Bertz CT molecular complexity index is 542. The summed E-state index contributed by atoms with van der Waals surface area (Å²) in [6.07, 6.45) is -3.07. The third-order valence-electron chi connectivity index (χ3n) is 1.46. The molecule has 15 heavy (non-hydrogen) atoms. The first-order chi connectivity index (χ1) is 6.73. The van der Waals surface area contributed by atoms with Crippen LogP contribution in [0.15, 0.2) is 20.4 Å². The minimum atomic E-state index is -4.42. The molecule has 0 unspecified atom stereocenters. The van der Waals surface area contributed by atoms with Gasteiger partial charge in [0, 0.05) is 21.2 Å². The number of rotatable bonds is 2. The van der Waals surface area contributed by atoms with Crippen LogP contribution in [0.2, 0.25) is 0 Å². The molecule has 9 heteroatoms. The van der Waals surface area contributed by atoms with Gasteiger partial charge in [-0.2, -0.15) is 0 Å². The molecule has 0 saturated heterocycles. The van der Waals surface area contributed by atoms with Gasteiger partial charge in [0.25, 0.3) is 15.5 Å². The SMILES string of the molecule is O=c1cc(Br)c(C(F)F)c(S(=O)(=O)Cl)[nH]1. The van der Waals surface area contributed by atoms with Crippen LogP contribution in [0.1, 0.15) is 12.0 Å². The van der Waals surface area contributed by atoms with Crippen molar-refractivity contribution >= 4 is 35.7 Å². The van der Waals surface area contributed by atoms with Crippen molar-refractivity contribution in [2.24, 2.45) is 0 Å². The lowest BCUT2D eigenvalue weighted by Gasteiger charge is -2.06. The van der Waals surface area contributed by atoms with E-state index in [1.54, 1.807) is 4.98 Å². The molecule has 1 aromatic rings. The van der Waals surface area contributed by atoms with Crippen molar-refractivity contribution in [1.82, 2.24) is 4.98 Å². The Balaban J connectivity index is 3.70. The fourth-order valence-electron chi connectivity index (χ4n) is 0.912. The summed E-state index contributed by atoms with van der Waals surface area (Å²) < 4.78 is 46.5. The molecule has 0 amide bonds. The molecule has 0 bridgehead atoms. The molecule has 1 aromatic heterocycles. The molecule has 4 nitrogen and oxygen atoms in total. The average Bonchev–Trinajstić information content (AvgIpc) is 1.99. The molecule has 0 spiro atoms. The molecule has 0 saturated carbocycles. The van der Waals surface area contributed by atoms with Crippen molar-refractivity contribution in [3.05, 3.63) is 26.5 Å². The standard InChI is InChI=1S/C6H3BrClF2NO3S/c7-2-1-3(12)11-6(15(8,13)14)4(2)5(9)10/h1,5H,(H,11,12). The summed E-state index contributed by atoms with van der Waals surface area (Å²) >= 11 is 2.67. The van der Waals surface area contributed by atoms with E-state index >= 15 is 0 Å². The van der Waals surface area contributed by atoms with E-state index in [9.17, 15) is 22.0 Å². The van der Waals surface area contributed by atoms with Gasteiger partial charge in [0.15, 0.2) is 5.03 Å². The molecular formula is C6H3BrClF2NO3S. The smallest absolute Gasteiger partial charge is 0.277 e. The zero-order chi connectivity index (χ0) is 11.8. The Labute approximate surface area is 95.8 Å². The molecule has 0 atom stereocenters. The Morgan fingerprint density at radius 2 is 2.00 bits per heavy atom. The zero-order valence-electron chi connectivity index (χ0n) is 6.80. The molecule has 84 valence electrons. The lowest BCUT2D eigenvalue weighted by molar-refractivity contribution is 0.146. The average molecular weight is 323 g/mol. The van der Waals surface area contributed by atoms with Crippen LogP contribution in [0.25, 0.3) is 0 Å². The highest BCUT2D eigenvalue weighted by Crippen LogP contribution is 2.31. The number of hydrogen-bond donors (Lipinski definition) is 1. The quantitative estimate of drug-likeness (QED) is 0.847. The first-order valence-electron chi connectivity index (χ1n) is 3.39. The molecule has 0 aliphatic carbocycles. The number of nitrogens with one attached hydrogen (secondary N) is 1. The van der Waals surface area contributed by atoms with Crippen molar-refractivity contribution in [3.63, 3.8) is 0 Å². The summed E-state index contributed by atoms with van der Waals surface area (Å²) in [5.74, 6) is 0. The van der Waals surface area contributed by atoms with Crippen LogP contribution in [0.3, 0.4) is 0 Å². The van der Waals surface area contributed by atoms with Gasteiger partial charge in [-0.05, 0) is 0 Å². The number of H-pyrrole nitrogens is 1. The van der Waals surface area contributed by atoms with Crippen LogP contribution in [0.4, 0.5) is 8.78 Å². The number of alkyl halides is 2. The van der Waals surface area contributed by atoms with E-state index in [1.807, 2.05) is 0 Å². The number of halogens is 4. The maximum Gasteiger partial charge on any atom is 0.277 e. The van der Waals surface area contributed by atoms with Gasteiger partial charge in [-0.3, -0.25) is 4.79 Å². The highest BCUT2D eigenvalue weighted by Gasteiger charge is 2.25. The maximum atomic E-state index is 12.5. The largest absolute Gasteiger partial charge is 0.311 e. The summed E-state index contributed by atoms with van der Waals surface area (Å²) in [4.78, 5) is 12.6. The second kappa shape index (κ2) is 4.18. The van der Waals surface area contributed by atoms with Crippen LogP contribution in [0.5, 0.6) is 0 Å². The Morgan fingerprint density at radius 3 is 2.40 bits per heavy atom. The van der Waals surface area contributed by atoms with Gasteiger partial charge >= 0.3 is 0 Å². The van der Waals surface area contributed by atoms with Gasteiger partial charge < -0.3 is 4.98 Å². The fourth-order valence-corrected chi connectivity index (χ4v) is 2.67. The van der Waals surface area contributed by atoms with Crippen molar-refractivity contribution in [1.29, 1.82) is 0 Å².